The molecule has 0 radical (unpaired) electrons. The number of carbonyl (C=O) groups excluding carboxylic acids is 1. The molecule has 1 rings (SSSR count). The molecule has 3 heteroatoms. The Hall–Kier alpha value is -1.01. The summed E-state index contributed by atoms with van der Waals surface area (Å²) in [5.74, 6) is 6.66. The summed E-state index contributed by atoms with van der Waals surface area (Å²) in [6.45, 7) is 11.9. The molecule has 1 saturated heterocycles. The van der Waals surface area contributed by atoms with E-state index in [1.54, 1.807) is 6.92 Å². The van der Waals surface area contributed by atoms with Gasteiger partial charge in [0.1, 0.15) is 6.61 Å². The summed E-state index contributed by atoms with van der Waals surface area (Å²) in [4.78, 5) is 13.0. The Bertz CT molecular complexity index is 281. The maximum Gasteiger partial charge on any atom is 0.219 e. The number of amides is 1. The summed E-state index contributed by atoms with van der Waals surface area (Å²) in [6.07, 6.45) is 2.14. The van der Waals surface area contributed by atoms with Gasteiger partial charge in [0, 0.05) is 25.9 Å². The Morgan fingerprint density at radius 2 is 1.89 bits per heavy atom. The molecule has 1 amide bonds. The lowest BCUT2D eigenvalue weighted by molar-refractivity contribution is -0.131. The zero-order valence-electron chi connectivity index (χ0n) is 12.5. The van der Waals surface area contributed by atoms with Gasteiger partial charge in [0.2, 0.25) is 5.91 Å². The minimum absolute atomic E-state index is 0.165. The fourth-order valence-corrected chi connectivity index (χ4v) is 1.74. The summed E-state index contributed by atoms with van der Waals surface area (Å²) in [7, 11) is 0. The van der Waals surface area contributed by atoms with Gasteiger partial charge >= 0.3 is 0 Å². The van der Waals surface area contributed by atoms with E-state index < -0.39 is 0 Å². The third-order valence-corrected chi connectivity index (χ3v) is 2.67. The van der Waals surface area contributed by atoms with E-state index in [4.69, 9.17) is 4.74 Å². The molecule has 1 fully saturated rings. The Morgan fingerprint density at radius 1 is 1.33 bits per heavy atom. The standard InChI is InChI=1S/C13H21NO2.C2H6/c1-11(2)5-4-10-16-13-6-8-14(9-7-13)12(3)15;1-2/h11,13H,6-10H2,1-3H3;1-2H3. The molecular formula is C15H27NO2. The molecule has 0 spiro atoms. The van der Waals surface area contributed by atoms with Crippen LogP contribution in [0, 0.1) is 17.8 Å². The van der Waals surface area contributed by atoms with Crippen molar-refractivity contribution in [2.24, 2.45) is 5.92 Å². The number of hydrogen-bond acceptors (Lipinski definition) is 2. The zero-order valence-corrected chi connectivity index (χ0v) is 12.5. The highest BCUT2D eigenvalue weighted by Gasteiger charge is 2.20. The normalized spacial score (nSPS) is 15.6. The summed E-state index contributed by atoms with van der Waals surface area (Å²) in [5, 5.41) is 0. The van der Waals surface area contributed by atoms with Crippen molar-refractivity contribution in [2.45, 2.75) is 53.6 Å². The molecule has 0 bridgehead atoms. The van der Waals surface area contributed by atoms with Crippen LogP contribution in [0.3, 0.4) is 0 Å². The van der Waals surface area contributed by atoms with Crippen molar-refractivity contribution in [3.63, 3.8) is 0 Å². The second kappa shape index (κ2) is 9.96. The first-order valence-electron chi connectivity index (χ1n) is 6.95. The molecule has 0 N–H and O–H groups in total. The van der Waals surface area contributed by atoms with E-state index in [0.717, 1.165) is 25.9 Å². The molecule has 3 nitrogen and oxygen atoms in total. The summed E-state index contributed by atoms with van der Waals surface area (Å²) < 4.78 is 5.65. The Labute approximate surface area is 112 Å². The van der Waals surface area contributed by atoms with Crippen LogP contribution in [0.2, 0.25) is 0 Å². The van der Waals surface area contributed by atoms with E-state index in [2.05, 4.69) is 25.7 Å². The lowest BCUT2D eigenvalue weighted by Crippen LogP contribution is -2.39. The molecule has 1 heterocycles. The van der Waals surface area contributed by atoms with E-state index in [-0.39, 0.29) is 12.0 Å². The van der Waals surface area contributed by atoms with Gasteiger partial charge in [-0.15, -0.1) is 0 Å². The number of ether oxygens (including phenoxy) is 1. The smallest absolute Gasteiger partial charge is 0.219 e. The SMILES string of the molecule is CC.CC(=O)N1CCC(OCC#CC(C)C)CC1. The van der Waals surface area contributed by atoms with Crippen LogP contribution in [0.1, 0.15) is 47.5 Å². The van der Waals surface area contributed by atoms with Gasteiger partial charge in [0.25, 0.3) is 0 Å². The monoisotopic (exact) mass is 253 g/mol. The maximum absolute atomic E-state index is 11.1. The highest BCUT2D eigenvalue weighted by molar-refractivity contribution is 5.73. The average molecular weight is 253 g/mol. The van der Waals surface area contributed by atoms with E-state index in [0.29, 0.717) is 12.5 Å². The molecule has 104 valence electrons. The van der Waals surface area contributed by atoms with Gasteiger partial charge < -0.3 is 9.64 Å². The van der Waals surface area contributed by atoms with Gasteiger partial charge in [0.15, 0.2) is 0 Å². The van der Waals surface area contributed by atoms with E-state index in [1.165, 1.54) is 0 Å². The minimum atomic E-state index is 0.165. The number of carbonyl (C=O) groups is 1. The number of nitrogens with zero attached hydrogens (tertiary/aromatic N) is 1. The van der Waals surface area contributed by atoms with Gasteiger partial charge in [-0.25, -0.2) is 0 Å². The molecule has 1 aliphatic heterocycles. The van der Waals surface area contributed by atoms with Gasteiger partial charge in [0.05, 0.1) is 6.10 Å². The summed E-state index contributed by atoms with van der Waals surface area (Å²) in [6, 6.07) is 0. The van der Waals surface area contributed by atoms with Crippen molar-refractivity contribution < 1.29 is 9.53 Å². The van der Waals surface area contributed by atoms with Gasteiger partial charge in [-0.2, -0.15) is 0 Å². The first-order valence-corrected chi connectivity index (χ1v) is 6.95. The van der Waals surface area contributed by atoms with Gasteiger partial charge in [-0.1, -0.05) is 39.5 Å². The van der Waals surface area contributed by atoms with E-state index in [9.17, 15) is 4.79 Å². The second-order valence-corrected chi connectivity index (χ2v) is 4.49. The van der Waals surface area contributed by atoms with Crippen LogP contribution < -0.4 is 0 Å². The quantitative estimate of drug-likeness (QED) is 0.708. The summed E-state index contributed by atoms with van der Waals surface area (Å²) in [5.41, 5.74) is 0. The molecular weight excluding hydrogens is 226 g/mol. The molecule has 0 aromatic carbocycles. The number of piperidine rings is 1. The second-order valence-electron chi connectivity index (χ2n) is 4.49. The lowest BCUT2D eigenvalue weighted by Gasteiger charge is -2.30. The predicted molar refractivity (Wildman–Crippen MR) is 75.2 cm³/mol. The topological polar surface area (TPSA) is 29.5 Å². The molecule has 18 heavy (non-hydrogen) atoms. The Morgan fingerprint density at radius 3 is 2.33 bits per heavy atom. The molecule has 0 saturated carbocycles. The largest absolute Gasteiger partial charge is 0.365 e. The van der Waals surface area contributed by atoms with Crippen molar-refractivity contribution in [2.75, 3.05) is 19.7 Å². The highest BCUT2D eigenvalue weighted by Crippen LogP contribution is 2.13. The van der Waals surface area contributed by atoms with Crippen LogP contribution in [-0.4, -0.2) is 36.6 Å². The van der Waals surface area contributed by atoms with Crippen molar-refractivity contribution in [1.29, 1.82) is 0 Å². The third-order valence-electron chi connectivity index (χ3n) is 2.67. The Balaban J connectivity index is 0.00000137. The average Bonchev–Trinajstić information content (AvgIpc) is 2.37. The fraction of sp³-hybridized carbons (Fsp3) is 0.800. The van der Waals surface area contributed by atoms with Gasteiger partial charge in [-0.05, 0) is 12.8 Å². The molecule has 0 aliphatic carbocycles. The van der Waals surface area contributed by atoms with Crippen LogP contribution >= 0.6 is 0 Å². The third kappa shape index (κ3) is 7.34. The summed E-state index contributed by atoms with van der Waals surface area (Å²) >= 11 is 0. The molecule has 0 atom stereocenters. The highest BCUT2D eigenvalue weighted by atomic mass is 16.5. The lowest BCUT2D eigenvalue weighted by atomic mass is 10.1. The van der Waals surface area contributed by atoms with Crippen molar-refractivity contribution in [1.82, 2.24) is 4.90 Å². The van der Waals surface area contributed by atoms with E-state index in [1.807, 2.05) is 18.7 Å². The predicted octanol–water partition coefficient (Wildman–Crippen LogP) is 2.70. The maximum atomic E-state index is 11.1. The molecule has 0 unspecified atom stereocenters. The van der Waals surface area contributed by atoms with Crippen LogP contribution in [0.25, 0.3) is 0 Å². The number of likely N-dealkylation sites (tertiary alicyclic amines) is 1. The van der Waals surface area contributed by atoms with Crippen molar-refractivity contribution in [3.8, 4) is 11.8 Å². The first-order chi connectivity index (χ1) is 8.59. The van der Waals surface area contributed by atoms with Crippen molar-refractivity contribution in [3.05, 3.63) is 0 Å². The van der Waals surface area contributed by atoms with Crippen LogP contribution in [0.15, 0.2) is 0 Å². The molecule has 1 aliphatic rings. The molecule has 0 aromatic rings. The number of rotatable bonds is 2. The molecule has 0 aromatic heterocycles. The van der Waals surface area contributed by atoms with Crippen LogP contribution in [0.4, 0.5) is 0 Å². The van der Waals surface area contributed by atoms with Gasteiger partial charge in [-0.3, -0.25) is 4.79 Å². The van der Waals surface area contributed by atoms with Crippen LogP contribution in [0.5, 0.6) is 0 Å². The van der Waals surface area contributed by atoms with Crippen LogP contribution in [-0.2, 0) is 9.53 Å². The first kappa shape index (κ1) is 17.0. The minimum Gasteiger partial charge on any atom is -0.365 e. The fourth-order valence-electron chi connectivity index (χ4n) is 1.74. The zero-order chi connectivity index (χ0) is 14.0. The van der Waals surface area contributed by atoms with Crippen molar-refractivity contribution >= 4 is 5.91 Å². The van der Waals surface area contributed by atoms with E-state index >= 15 is 0 Å². The Kier molecular flexibility index (Phi) is 9.40. The number of hydrogen-bond donors (Lipinski definition) is 0.